The smallest absolute Gasteiger partial charge is 0.308 e. The summed E-state index contributed by atoms with van der Waals surface area (Å²) in [6, 6.07) is 0. The topological polar surface area (TPSA) is 26.3 Å². The summed E-state index contributed by atoms with van der Waals surface area (Å²) in [5.41, 5.74) is 0.0864. The molecule has 68 valence electrons. The first-order chi connectivity index (χ1) is 5.31. The second kappa shape index (κ2) is 4.10. The van der Waals surface area contributed by atoms with Gasteiger partial charge in [0.25, 0.3) is 0 Å². The molecule has 0 aromatic carbocycles. The molecule has 0 bridgehead atoms. The fraction of sp³-hybridized carbons (Fsp3) is 0.500. The van der Waals surface area contributed by atoms with Gasteiger partial charge >= 0.3 is 5.97 Å². The van der Waals surface area contributed by atoms with Crippen LogP contribution in [0, 0.1) is 5.41 Å². The summed E-state index contributed by atoms with van der Waals surface area (Å²) >= 11 is 0. The van der Waals surface area contributed by atoms with Crippen molar-refractivity contribution < 1.29 is 9.53 Å². The quantitative estimate of drug-likeness (QED) is 0.360. The maximum absolute atomic E-state index is 10.5. The Morgan fingerprint density at radius 1 is 1.42 bits per heavy atom. The van der Waals surface area contributed by atoms with Crippen molar-refractivity contribution in [3.63, 3.8) is 0 Å². The molecule has 0 saturated carbocycles. The molecule has 0 N–H and O–H groups in total. The molecule has 0 atom stereocenters. The zero-order valence-electron chi connectivity index (χ0n) is 8.18. The number of rotatable bonds is 2. The molecule has 0 rings (SSSR count). The maximum Gasteiger partial charge on any atom is 0.308 e. The van der Waals surface area contributed by atoms with Gasteiger partial charge in [0.05, 0.1) is 0 Å². The molecule has 0 radical (unpaired) electrons. The van der Waals surface area contributed by atoms with Gasteiger partial charge < -0.3 is 4.74 Å². The minimum absolute atomic E-state index is 0.0864. The van der Waals surface area contributed by atoms with Gasteiger partial charge in [-0.15, -0.1) is 0 Å². The molecule has 0 aliphatic heterocycles. The van der Waals surface area contributed by atoms with Crippen molar-refractivity contribution in [3.8, 4) is 0 Å². The van der Waals surface area contributed by atoms with Crippen molar-refractivity contribution in [2.45, 2.75) is 27.7 Å². The number of carbonyl (C=O) groups is 1. The Balaban J connectivity index is 4.01. The Kier molecular flexibility index (Phi) is 3.74. The van der Waals surface area contributed by atoms with E-state index in [0.717, 1.165) is 0 Å². The standard InChI is InChI=1S/C10H16O2/c1-8(12-9(2)11)6-7-10(3,4)5/h6-7H,1H2,2-5H3/b7-6+. The average molecular weight is 168 g/mol. The maximum atomic E-state index is 10.5. The number of allylic oxidation sites excluding steroid dienone is 2. The lowest BCUT2D eigenvalue weighted by Gasteiger charge is -2.11. The van der Waals surface area contributed by atoms with Gasteiger partial charge in [0.1, 0.15) is 5.76 Å². The van der Waals surface area contributed by atoms with E-state index in [1.807, 2.05) is 6.08 Å². The number of esters is 1. The van der Waals surface area contributed by atoms with Gasteiger partial charge in [0, 0.05) is 6.92 Å². The summed E-state index contributed by atoms with van der Waals surface area (Å²) in [5, 5.41) is 0. The second-order valence-corrected chi connectivity index (χ2v) is 3.76. The molecule has 0 aromatic heterocycles. The SMILES string of the molecule is C=C(/C=C/C(C)(C)C)OC(C)=O. The Hall–Kier alpha value is -1.05. The number of hydrogen-bond donors (Lipinski definition) is 0. The summed E-state index contributed by atoms with van der Waals surface area (Å²) in [6.07, 6.45) is 3.65. The minimum Gasteiger partial charge on any atom is -0.427 e. The van der Waals surface area contributed by atoms with Gasteiger partial charge in [0.15, 0.2) is 0 Å². The zero-order chi connectivity index (χ0) is 9.78. The van der Waals surface area contributed by atoms with E-state index in [2.05, 4.69) is 27.4 Å². The summed E-state index contributed by atoms with van der Waals surface area (Å²) < 4.78 is 4.73. The number of carbonyl (C=O) groups excluding carboxylic acids is 1. The Labute approximate surface area is 73.9 Å². The van der Waals surface area contributed by atoms with Crippen molar-refractivity contribution in [3.05, 3.63) is 24.5 Å². The van der Waals surface area contributed by atoms with Crippen LogP contribution in [0.1, 0.15) is 27.7 Å². The molecular weight excluding hydrogens is 152 g/mol. The van der Waals surface area contributed by atoms with Gasteiger partial charge in [-0.3, -0.25) is 4.79 Å². The van der Waals surface area contributed by atoms with Crippen LogP contribution in [0.3, 0.4) is 0 Å². The lowest BCUT2D eigenvalue weighted by molar-refractivity contribution is -0.136. The molecule has 0 aromatic rings. The van der Waals surface area contributed by atoms with E-state index in [9.17, 15) is 4.79 Å². The third kappa shape index (κ3) is 7.06. The molecule has 0 fully saturated rings. The van der Waals surface area contributed by atoms with Crippen molar-refractivity contribution in [2.75, 3.05) is 0 Å². The molecular formula is C10H16O2. The van der Waals surface area contributed by atoms with E-state index in [0.29, 0.717) is 5.76 Å². The first kappa shape index (κ1) is 11.0. The van der Waals surface area contributed by atoms with Crippen LogP contribution >= 0.6 is 0 Å². The third-order valence-corrected chi connectivity index (χ3v) is 1.04. The van der Waals surface area contributed by atoms with Gasteiger partial charge in [-0.2, -0.15) is 0 Å². The molecule has 0 unspecified atom stereocenters. The highest BCUT2D eigenvalue weighted by atomic mass is 16.5. The van der Waals surface area contributed by atoms with Crippen LogP contribution in [0.5, 0.6) is 0 Å². The number of ether oxygens (including phenoxy) is 1. The Bertz CT molecular complexity index is 206. The van der Waals surface area contributed by atoms with Crippen LogP contribution in [0.15, 0.2) is 24.5 Å². The molecule has 0 saturated heterocycles. The van der Waals surface area contributed by atoms with Crippen molar-refractivity contribution in [2.24, 2.45) is 5.41 Å². The first-order valence-electron chi connectivity index (χ1n) is 3.88. The van der Waals surface area contributed by atoms with Crippen LogP contribution in [0.25, 0.3) is 0 Å². The van der Waals surface area contributed by atoms with Crippen molar-refractivity contribution in [1.82, 2.24) is 0 Å². The van der Waals surface area contributed by atoms with E-state index in [1.54, 1.807) is 6.08 Å². The van der Waals surface area contributed by atoms with Crippen LogP contribution < -0.4 is 0 Å². The fourth-order valence-corrected chi connectivity index (χ4v) is 0.562. The molecule has 0 aliphatic rings. The van der Waals surface area contributed by atoms with Crippen LogP contribution in [0.4, 0.5) is 0 Å². The predicted octanol–water partition coefficient (Wildman–Crippen LogP) is 2.67. The Morgan fingerprint density at radius 3 is 2.25 bits per heavy atom. The third-order valence-electron chi connectivity index (χ3n) is 1.04. The highest BCUT2D eigenvalue weighted by molar-refractivity contribution is 5.67. The predicted molar refractivity (Wildman–Crippen MR) is 49.5 cm³/mol. The summed E-state index contributed by atoms with van der Waals surface area (Å²) in [4.78, 5) is 10.5. The van der Waals surface area contributed by atoms with Crippen LogP contribution in [-0.2, 0) is 9.53 Å². The lowest BCUT2D eigenvalue weighted by atomic mass is 9.96. The average Bonchev–Trinajstić information content (AvgIpc) is 1.80. The molecule has 0 amide bonds. The normalized spacial score (nSPS) is 11.7. The summed E-state index contributed by atoms with van der Waals surface area (Å²) in [7, 11) is 0. The zero-order valence-corrected chi connectivity index (χ0v) is 8.18. The summed E-state index contributed by atoms with van der Waals surface area (Å²) in [6.45, 7) is 11.1. The molecule has 0 heterocycles. The second-order valence-electron chi connectivity index (χ2n) is 3.76. The monoisotopic (exact) mass is 168 g/mol. The lowest BCUT2D eigenvalue weighted by Crippen LogP contribution is -2.00. The highest BCUT2D eigenvalue weighted by Gasteiger charge is 2.04. The largest absolute Gasteiger partial charge is 0.427 e. The van der Waals surface area contributed by atoms with Gasteiger partial charge in [0.2, 0.25) is 0 Å². The highest BCUT2D eigenvalue weighted by Crippen LogP contribution is 2.15. The molecule has 12 heavy (non-hydrogen) atoms. The van der Waals surface area contributed by atoms with E-state index < -0.39 is 0 Å². The van der Waals surface area contributed by atoms with Gasteiger partial charge in [-0.1, -0.05) is 33.4 Å². The molecule has 2 heteroatoms. The van der Waals surface area contributed by atoms with Gasteiger partial charge in [-0.05, 0) is 11.5 Å². The number of hydrogen-bond acceptors (Lipinski definition) is 2. The van der Waals surface area contributed by atoms with E-state index in [-0.39, 0.29) is 11.4 Å². The van der Waals surface area contributed by atoms with E-state index in [4.69, 9.17) is 4.74 Å². The minimum atomic E-state index is -0.335. The Morgan fingerprint density at radius 2 is 1.92 bits per heavy atom. The van der Waals surface area contributed by atoms with Crippen molar-refractivity contribution in [1.29, 1.82) is 0 Å². The summed E-state index contributed by atoms with van der Waals surface area (Å²) in [5.74, 6) is 0.0518. The van der Waals surface area contributed by atoms with Crippen LogP contribution in [0.2, 0.25) is 0 Å². The van der Waals surface area contributed by atoms with E-state index >= 15 is 0 Å². The fourth-order valence-electron chi connectivity index (χ4n) is 0.562. The van der Waals surface area contributed by atoms with Crippen LogP contribution in [-0.4, -0.2) is 5.97 Å². The molecule has 0 aliphatic carbocycles. The van der Waals surface area contributed by atoms with E-state index in [1.165, 1.54) is 6.92 Å². The van der Waals surface area contributed by atoms with Gasteiger partial charge in [-0.25, -0.2) is 0 Å². The molecule has 0 spiro atoms. The van der Waals surface area contributed by atoms with Crippen molar-refractivity contribution >= 4 is 5.97 Å². The molecule has 2 nitrogen and oxygen atoms in total. The first-order valence-corrected chi connectivity index (χ1v) is 3.88.